The van der Waals surface area contributed by atoms with Crippen LogP contribution in [0.25, 0.3) is 0 Å². The molecule has 0 spiro atoms. The van der Waals surface area contributed by atoms with E-state index in [9.17, 15) is 0 Å². The summed E-state index contributed by atoms with van der Waals surface area (Å²) in [6.07, 6.45) is 3.02. The molecule has 1 aliphatic heterocycles. The molecule has 1 unspecified atom stereocenters. The second-order valence-electron chi connectivity index (χ2n) is 3.91. The van der Waals surface area contributed by atoms with E-state index < -0.39 is 0 Å². The maximum absolute atomic E-state index is 4.47. The minimum Gasteiger partial charge on any atom is -0.359 e. The van der Waals surface area contributed by atoms with Crippen LogP contribution in [0.2, 0.25) is 0 Å². The molecule has 2 heterocycles. The van der Waals surface area contributed by atoms with E-state index in [1.165, 1.54) is 12.0 Å². The van der Waals surface area contributed by atoms with E-state index in [-0.39, 0.29) is 0 Å². The minimum absolute atomic E-state index is 0.660. The van der Waals surface area contributed by atoms with Gasteiger partial charge >= 0.3 is 0 Å². The third-order valence-electron chi connectivity index (χ3n) is 2.70. The second-order valence-corrected chi connectivity index (χ2v) is 5.20. The van der Waals surface area contributed by atoms with Crippen LogP contribution in [0.4, 0.5) is 0 Å². The van der Waals surface area contributed by atoms with Gasteiger partial charge in [-0.1, -0.05) is 24.8 Å². The van der Waals surface area contributed by atoms with Gasteiger partial charge in [-0.25, -0.2) is 0 Å². The molecule has 86 valence electrons. The summed E-state index contributed by atoms with van der Waals surface area (Å²) in [5.74, 6) is 0. The average Bonchev–Trinajstić information content (AvgIpc) is 2.76. The summed E-state index contributed by atoms with van der Waals surface area (Å²) in [7, 11) is 0. The summed E-state index contributed by atoms with van der Waals surface area (Å²) >= 11 is 1.85. The van der Waals surface area contributed by atoms with Crippen molar-refractivity contribution in [2.75, 3.05) is 6.54 Å². The number of nitrogens with zero attached hydrogens (tertiary/aromatic N) is 2. The Balaban J connectivity index is 1.87. The van der Waals surface area contributed by atoms with Crippen molar-refractivity contribution in [3.05, 3.63) is 29.6 Å². The number of aliphatic imine (C=N–C) groups is 1. The third-order valence-corrected chi connectivity index (χ3v) is 4.01. The number of hydrogen-bond acceptors (Lipinski definition) is 4. The highest BCUT2D eigenvalue weighted by molar-refractivity contribution is 8.14. The smallest absolute Gasteiger partial charge is 0.157 e. The second kappa shape index (κ2) is 5.34. The summed E-state index contributed by atoms with van der Waals surface area (Å²) in [6, 6.07) is 4.05. The fourth-order valence-corrected chi connectivity index (χ4v) is 2.53. The van der Waals surface area contributed by atoms with Crippen LogP contribution >= 0.6 is 11.8 Å². The van der Waals surface area contributed by atoms with Crippen molar-refractivity contribution in [2.45, 2.75) is 32.1 Å². The number of amidine groups is 1. The first kappa shape index (κ1) is 11.5. The van der Waals surface area contributed by atoms with Crippen LogP contribution < -0.4 is 5.32 Å². The number of rotatable bonds is 3. The summed E-state index contributed by atoms with van der Waals surface area (Å²) in [5.41, 5.74) is 2.33. The Hall–Kier alpha value is -1.03. The van der Waals surface area contributed by atoms with E-state index in [1.54, 1.807) is 0 Å². The average molecular weight is 235 g/mol. The zero-order chi connectivity index (χ0) is 11.4. The molecule has 0 saturated heterocycles. The number of aryl methyl sites for hydroxylation is 1. The van der Waals surface area contributed by atoms with Crippen LogP contribution in [0.15, 0.2) is 23.3 Å². The molecule has 3 nitrogen and oxygen atoms in total. The largest absolute Gasteiger partial charge is 0.359 e. The van der Waals surface area contributed by atoms with Crippen molar-refractivity contribution in [1.29, 1.82) is 0 Å². The summed E-state index contributed by atoms with van der Waals surface area (Å²) in [4.78, 5) is 8.83. The van der Waals surface area contributed by atoms with Gasteiger partial charge in [-0.05, 0) is 25.0 Å². The fourth-order valence-electron chi connectivity index (χ4n) is 1.59. The van der Waals surface area contributed by atoms with Crippen LogP contribution in [0.1, 0.15) is 24.6 Å². The maximum Gasteiger partial charge on any atom is 0.157 e. The first-order chi connectivity index (χ1) is 7.79. The van der Waals surface area contributed by atoms with Crippen molar-refractivity contribution in [1.82, 2.24) is 10.3 Å². The number of nitrogens with one attached hydrogen (secondary N) is 1. The van der Waals surface area contributed by atoms with Gasteiger partial charge in [-0.2, -0.15) is 0 Å². The maximum atomic E-state index is 4.47. The lowest BCUT2D eigenvalue weighted by Crippen LogP contribution is -2.20. The highest BCUT2D eigenvalue weighted by Crippen LogP contribution is 2.22. The molecule has 1 N–H and O–H groups in total. The molecular weight excluding hydrogens is 218 g/mol. The van der Waals surface area contributed by atoms with Gasteiger partial charge in [0.2, 0.25) is 0 Å². The molecule has 1 atom stereocenters. The van der Waals surface area contributed by atoms with Gasteiger partial charge in [0.05, 0.1) is 18.8 Å². The molecule has 0 amide bonds. The van der Waals surface area contributed by atoms with Crippen molar-refractivity contribution >= 4 is 16.9 Å². The Labute approximate surface area is 101 Å². The molecule has 0 fully saturated rings. The fraction of sp³-hybridized carbons (Fsp3) is 0.500. The monoisotopic (exact) mass is 235 g/mol. The zero-order valence-electron chi connectivity index (χ0n) is 9.73. The van der Waals surface area contributed by atoms with Gasteiger partial charge in [0.1, 0.15) is 0 Å². The van der Waals surface area contributed by atoms with E-state index in [4.69, 9.17) is 0 Å². The summed E-state index contributed by atoms with van der Waals surface area (Å²) in [6.45, 7) is 6.02. The van der Waals surface area contributed by atoms with Crippen LogP contribution in [-0.2, 0) is 6.54 Å². The summed E-state index contributed by atoms with van der Waals surface area (Å²) < 4.78 is 0. The van der Waals surface area contributed by atoms with Gasteiger partial charge < -0.3 is 5.32 Å². The van der Waals surface area contributed by atoms with Crippen molar-refractivity contribution < 1.29 is 0 Å². The van der Waals surface area contributed by atoms with E-state index in [0.717, 1.165) is 24.0 Å². The zero-order valence-corrected chi connectivity index (χ0v) is 10.5. The van der Waals surface area contributed by atoms with Crippen molar-refractivity contribution in [2.24, 2.45) is 4.99 Å². The molecule has 0 bridgehead atoms. The van der Waals surface area contributed by atoms with Crippen molar-refractivity contribution in [3.8, 4) is 0 Å². The topological polar surface area (TPSA) is 37.3 Å². The van der Waals surface area contributed by atoms with E-state index in [0.29, 0.717) is 5.25 Å². The Morgan fingerprint density at radius 3 is 3.12 bits per heavy atom. The Morgan fingerprint density at radius 2 is 2.44 bits per heavy atom. The van der Waals surface area contributed by atoms with Crippen LogP contribution in [-0.4, -0.2) is 21.9 Å². The lowest BCUT2D eigenvalue weighted by molar-refractivity contribution is 0.835. The predicted octanol–water partition coefficient (Wildman–Crippen LogP) is 2.36. The molecular formula is C12H17N3S. The molecule has 2 rings (SSSR count). The molecule has 4 heteroatoms. The van der Waals surface area contributed by atoms with Gasteiger partial charge in [-0.15, -0.1) is 0 Å². The molecule has 16 heavy (non-hydrogen) atoms. The summed E-state index contributed by atoms with van der Waals surface area (Å²) in [5, 5.41) is 5.08. The van der Waals surface area contributed by atoms with Crippen LogP contribution in [0.3, 0.4) is 0 Å². The predicted molar refractivity (Wildman–Crippen MR) is 69.8 cm³/mol. The Bertz CT molecular complexity index is 390. The lowest BCUT2D eigenvalue weighted by atomic mass is 10.2. The number of hydrogen-bond donors (Lipinski definition) is 1. The van der Waals surface area contributed by atoms with E-state index in [1.807, 2.05) is 24.0 Å². The van der Waals surface area contributed by atoms with Gasteiger partial charge in [0.15, 0.2) is 5.17 Å². The number of pyridine rings is 1. The lowest BCUT2D eigenvalue weighted by Gasteiger charge is -2.08. The van der Waals surface area contributed by atoms with Gasteiger partial charge in [-0.3, -0.25) is 9.98 Å². The molecule has 0 saturated carbocycles. The third kappa shape index (κ3) is 2.76. The number of aromatic nitrogens is 1. The molecule has 1 aromatic heterocycles. The molecule has 0 radical (unpaired) electrons. The number of thioether (sulfide) groups is 1. The van der Waals surface area contributed by atoms with Crippen LogP contribution in [0.5, 0.6) is 0 Å². The Kier molecular flexibility index (Phi) is 3.83. The quantitative estimate of drug-likeness (QED) is 0.874. The standard InChI is InChI=1S/C12H17N3S/c1-3-10-7-14-12(16-10)15-8-11-9(2)5-4-6-13-11/h4-6,10H,3,7-8H2,1-2H3,(H,14,15). The molecule has 0 aliphatic carbocycles. The highest BCUT2D eigenvalue weighted by Gasteiger charge is 2.17. The van der Waals surface area contributed by atoms with Crippen LogP contribution in [0, 0.1) is 6.92 Å². The minimum atomic E-state index is 0.660. The Morgan fingerprint density at radius 1 is 1.56 bits per heavy atom. The first-order valence-electron chi connectivity index (χ1n) is 5.65. The molecule has 1 aliphatic rings. The normalized spacial score (nSPS) is 19.6. The van der Waals surface area contributed by atoms with Gasteiger partial charge in [0, 0.05) is 11.4 Å². The van der Waals surface area contributed by atoms with Gasteiger partial charge in [0.25, 0.3) is 0 Å². The van der Waals surface area contributed by atoms with Crippen molar-refractivity contribution in [3.63, 3.8) is 0 Å². The first-order valence-corrected chi connectivity index (χ1v) is 6.53. The van der Waals surface area contributed by atoms with E-state index >= 15 is 0 Å². The molecule has 0 aromatic carbocycles. The van der Waals surface area contributed by atoms with E-state index in [2.05, 4.69) is 35.2 Å². The molecule has 1 aromatic rings. The highest BCUT2D eigenvalue weighted by atomic mass is 32.2. The SMILES string of the molecule is CCC1CN=C(NCc2ncccc2C)S1.